The number of morpholine rings is 1. The third-order valence-corrected chi connectivity index (χ3v) is 4.58. The number of halogens is 3. The molecule has 148 valence electrons. The number of rotatable bonds is 2. The van der Waals surface area contributed by atoms with Crippen molar-refractivity contribution in [3.63, 3.8) is 0 Å². The second-order valence-corrected chi connectivity index (χ2v) is 6.30. The fourth-order valence-corrected chi connectivity index (χ4v) is 3.19. The average Bonchev–Trinajstić information content (AvgIpc) is 3.13. The Kier molecular flexibility index (Phi) is 4.26. The highest BCUT2D eigenvalue weighted by Gasteiger charge is 2.44. The molecule has 1 unspecified atom stereocenters. The third-order valence-electron chi connectivity index (χ3n) is 4.58. The fourth-order valence-electron chi connectivity index (χ4n) is 3.19. The Balaban J connectivity index is 1.74. The van der Waals surface area contributed by atoms with Crippen molar-refractivity contribution in [1.29, 1.82) is 0 Å². The van der Waals surface area contributed by atoms with Crippen LogP contribution in [-0.2, 0) is 4.74 Å². The number of aromatic nitrogens is 3. The van der Waals surface area contributed by atoms with Crippen LogP contribution in [0.25, 0.3) is 16.6 Å². The van der Waals surface area contributed by atoms with Crippen molar-refractivity contribution in [3.8, 4) is 5.75 Å². The molecule has 0 bridgehead atoms. The van der Waals surface area contributed by atoms with Crippen molar-refractivity contribution < 1.29 is 27.4 Å². The van der Waals surface area contributed by atoms with Crippen LogP contribution in [0.15, 0.2) is 24.4 Å². The van der Waals surface area contributed by atoms with Gasteiger partial charge in [-0.05, 0) is 12.1 Å². The van der Waals surface area contributed by atoms with Crippen molar-refractivity contribution >= 4 is 28.4 Å². The Labute approximate surface area is 156 Å². The number of hydrogen-bond donors (Lipinski definition) is 1. The van der Waals surface area contributed by atoms with E-state index < -0.39 is 24.7 Å². The molecule has 1 atom stereocenters. The van der Waals surface area contributed by atoms with E-state index in [2.05, 4.69) is 9.97 Å². The second-order valence-electron chi connectivity index (χ2n) is 6.30. The Hall–Kier alpha value is -3.08. The number of nitrogens with two attached hydrogens (primary N) is 1. The monoisotopic (exact) mass is 395 g/mol. The number of alkyl halides is 3. The van der Waals surface area contributed by atoms with Crippen LogP contribution in [-0.4, -0.2) is 64.3 Å². The van der Waals surface area contributed by atoms with Gasteiger partial charge in [0.05, 0.1) is 20.3 Å². The molecule has 28 heavy (non-hydrogen) atoms. The molecule has 8 nitrogen and oxygen atoms in total. The zero-order valence-electron chi connectivity index (χ0n) is 14.7. The van der Waals surface area contributed by atoms with Gasteiger partial charge in [-0.2, -0.15) is 13.2 Å². The van der Waals surface area contributed by atoms with Gasteiger partial charge < -0.3 is 20.1 Å². The molecular weight excluding hydrogens is 379 g/mol. The molecule has 1 saturated heterocycles. The molecule has 11 heteroatoms. The highest BCUT2D eigenvalue weighted by molar-refractivity contribution is 5.99. The normalized spacial score (nSPS) is 18.0. The second kappa shape index (κ2) is 6.51. The fraction of sp³-hybridized carbons (Fsp3) is 0.353. The van der Waals surface area contributed by atoms with E-state index >= 15 is 0 Å². The lowest BCUT2D eigenvalue weighted by Gasteiger charge is -2.33. The standard InChI is InChI=1S/C17H16F3N5O3/c1-27-11-4-2-3-9-13(11)23-16(21)25-7-10(22-14(9)25)15(26)24-5-6-28-12(8-24)17(18,19)20/h2-4,7,12H,5-6,8H2,1H3,(H2,21,23). The number of anilines is 1. The zero-order valence-corrected chi connectivity index (χ0v) is 14.7. The maximum absolute atomic E-state index is 12.9. The van der Waals surface area contributed by atoms with E-state index in [4.69, 9.17) is 15.2 Å². The maximum atomic E-state index is 12.9. The van der Waals surface area contributed by atoms with Gasteiger partial charge in [0, 0.05) is 18.1 Å². The molecule has 3 aromatic rings. The van der Waals surface area contributed by atoms with Gasteiger partial charge in [0.2, 0.25) is 5.95 Å². The lowest BCUT2D eigenvalue weighted by atomic mass is 10.2. The molecule has 0 saturated carbocycles. The Bertz CT molecular complexity index is 1070. The molecule has 1 amide bonds. The Morgan fingerprint density at radius 2 is 2.14 bits per heavy atom. The van der Waals surface area contributed by atoms with E-state index in [9.17, 15) is 18.0 Å². The highest BCUT2D eigenvalue weighted by Crippen LogP contribution is 2.29. The number of nitrogens with zero attached hydrogens (tertiary/aromatic N) is 4. The first-order chi connectivity index (χ1) is 13.3. The van der Waals surface area contributed by atoms with Crippen LogP contribution < -0.4 is 10.5 Å². The number of carbonyl (C=O) groups excluding carboxylic acids is 1. The minimum absolute atomic E-state index is 0.0216. The zero-order chi connectivity index (χ0) is 20.1. The van der Waals surface area contributed by atoms with E-state index in [1.54, 1.807) is 18.2 Å². The van der Waals surface area contributed by atoms with Crippen molar-refractivity contribution in [2.75, 3.05) is 32.5 Å². The van der Waals surface area contributed by atoms with Crippen LogP contribution in [0.5, 0.6) is 5.75 Å². The number of benzene rings is 1. The molecular formula is C17H16F3N5O3. The summed E-state index contributed by atoms with van der Waals surface area (Å²) in [6, 6.07) is 5.20. The number of amides is 1. The third kappa shape index (κ3) is 2.97. The average molecular weight is 395 g/mol. The number of nitrogen functional groups attached to an aromatic ring is 1. The number of para-hydroxylation sites is 1. The van der Waals surface area contributed by atoms with E-state index in [-0.39, 0.29) is 24.8 Å². The lowest BCUT2D eigenvalue weighted by Crippen LogP contribution is -2.51. The summed E-state index contributed by atoms with van der Waals surface area (Å²) in [5.41, 5.74) is 6.80. The van der Waals surface area contributed by atoms with Crippen molar-refractivity contribution in [2.45, 2.75) is 12.3 Å². The van der Waals surface area contributed by atoms with Crippen molar-refractivity contribution in [3.05, 3.63) is 30.1 Å². The van der Waals surface area contributed by atoms with E-state index in [1.165, 1.54) is 17.7 Å². The van der Waals surface area contributed by atoms with Crippen molar-refractivity contribution in [1.82, 2.24) is 19.3 Å². The molecule has 0 aliphatic carbocycles. The number of hydrogen-bond acceptors (Lipinski definition) is 6. The van der Waals surface area contributed by atoms with Gasteiger partial charge in [0.25, 0.3) is 5.91 Å². The number of methoxy groups -OCH3 is 1. The predicted molar refractivity (Wildman–Crippen MR) is 93.2 cm³/mol. The first-order valence-electron chi connectivity index (χ1n) is 8.38. The van der Waals surface area contributed by atoms with Crippen LogP contribution >= 0.6 is 0 Å². The summed E-state index contributed by atoms with van der Waals surface area (Å²) in [7, 11) is 1.49. The summed E-state index contributed by atoms with van der Waals surface area (Å²) >= 11 is 0. The molecule has 1 aliphatic rings. The minimum Gasteiger partial charge on any atom is -0.494 e. The molecule has 4 rings (SSSR count). The summed E-state index contributed by atoms with van der Waals surface area (Å²) in [6.07, 6.45) is -5.19. The van der Waals surface area contributed by atoms with Gasteiger partial charge in [0.15, 0.2) is 6.10 Å². The van der Waals surface area contributed by atoms with Crippen LogP contribution in [0.4, 0.5) is 19.1 Å². The summed E-state index contributed by atoms with van der Waals surface area (Å²) in [6.45, 7) is -0.743. The predicted octanol–water partition coefficient (Wildman–Crippen LogP) is 1.88. The van der Waals surface area contributed by atoms with Crippen LogP contribution in [0.2, 0.25) is 0 Å². The minimum atomic E-state index is -4.54. The van der Waals surface area contributed by atoms with Gasteiger partial charge in [-0.3, -0.25) is 9.20 Å². The first-order valence-corrected chi connectivity index (χ1v) is 8.38. The molecule has 1 fully saturated rings. The Morgan fingerprint density at radius 1 is 1.36 bits per heavy atom. The molecule has 1 aromatic carbocycles. The van der Waals surface area contributed by atoms with Crippen molar-refractivity contribution in [2.24, 2.45) is 0 Å². The van der Waals surface area contributed by atoms with E-state index in [0.29, 0.717) is 22.3 Å². The number of ether oxygens (including phenoxy) is 2. The van der Waals surface area contributed by atoms with Gasteiger partial charge in [-0.1, -0.05) is 6.07 Å². The SMILES string of the molecule is COc1cccc2c1nc(N)n1cc(C(=O)N3CCOC(C(F)(F)F)C3)nc21. The number of carbonyl (C=O) groups is 1. The summed E-state index contributed by atoms with van der Waals surface area (Å²) in [4.78, 5) is 22.4. The van der Waals surface area contributed by atoms with Gasteiger partial charge in [0.1, 0.15) is 22.6 Å². The van der Waals surface area contributed by atoms with E-state index in [1.807, 2.05) is 0 Å². The highest BCUT2D eigenvalue weighted by atomic mass is 19.4. The smallest absolute Gasteiger partial charge is 0.416 e. The van der Waals surface area contributed by atoms with Crippen LogP contribution in [0, 0.1) is 0 Å². The van der Waals surface area contributed by atoms with Crippen LogP contribution in [0.1, 0.15) is 10.5 Å². The maximum Gasteiger partial charge on any atom is 0.416 e. The lowest BCUT2D eigenvalue weighted by molar-refractivity contribution is -0.233. The number of imidazole rings is 1. The largest absolute Gasteiger partial charge is 0.494 e. The molecule has 0 radical (unpaired) electrons. The van der Waals surface area contributed by atoms with E-state index in [0.717, 1.165) is 4.90 Å². The molecule has 1 aliphatic heterocycles. The topological polar surface area (TPSA) is 95.0 Å². The summed E-state index contributed by atoms with van der Waals surface area (Å²) in [5, 5.41) is 0.600. The summed E-state index contributed by atoms with van der Waals surface area (Å²) < 4.78 is 50.2. The quantitative estimate of drug-likeness (QED) is 0.712. The van der Waals surface area contributed by atoms with Gasteiger partial charge in [-0.15, -0.1) is 0 Å². The number of fused-ring (bicyclic) bond motifs is 3. The molecule has 2 N–H and O–H groups in total. The Morgan fingerprint density at radius 3 is 2.86 bits per heavy atom. The van der Waals surface area contributed by atoms with Crippen LogP contribution in [0.3, 0.4) is 0 Å². The molecule has 0 spiro atoms. The van der Waals surface area contributed by atoms with Gasteiger partial charge in [-0.25, -0.2) is 9.97 Å². The van der Waals surface area contributed by atoms with Gasteiger partial charge >= 0.3 is 6.18 Å². The summed E-state index contributed by atoms with van der Waals surface area (Å²) in [5.74, 6) is -0.0610. The molecule has 3 heterocycles. The first kappa shape index (κ1) is 18.3. The molecule has 2 aromatic heterocycles.